The number of rotatable bonds is 5. The Hall–Kier alpha value is -3.09. The lowest BCUT2D eigenvalue weighted by atomic mass is 9.93. The van der Waals surface area contributed by atoms with Crippen LogP contribution in [0.3, 0.4) is 0 Å². The van der Waals surface area contributed by atoms with Crippen molar-refractivity contribution in [1.82, 2.24) is 29.5 Å². The number of aliphatic imine (C=N–C) groups is 1. The van der Waals surface area contributed by atoms with Crippen LogP contribution in [0.25, 0.3) is 0 Å². The lowest BCUT2D eigenvalue weighted by molar-refractivity contribution is 0.189. The molecule has 0 aliphatic carbocycles. The predicted octanol–water partition coefficient (Wildman–Crippen LogP) is 2.79. The van der Waals surface area contributed by atoms with Crippen LogP contribution in [0.4, 0.5) is 0 Å². The van der Waals surface area contributed by atoms with E-state index < -0.39 is 0 Å². The second-order valence-corrected chi connectivity index (χ2v) is 7.66. The van der Waals surface area contributed by atoms with Crippen LogP contribution in [0.5, 0.6) is 0 Å². The van der Waals surface area contributed by atoms with Gasteiger partial charge in [-0.2, -0.15) is 5.10 Å². The third-order valence-electron chi connectivity index (χ3n) is 5.78. The Morgan fingerprint density at radius 3 is 2.76 bits per heavy atom. The maximum atomic E-state index is 4.56. The van der Waals surface area contributed by atoms with Crippen molar-refractivity contribution in [2.24, 2.45) is 10.9 Å². The maximum Gasteiger partial charge on any atom is 0.193 e. The molecule has 3 heterocycles. The first-order valence-electron chi connectivity index (χ1n) is 10.2. The lowest BCUT2D eigenvalue weighted by Gasteiger charge is -2.39. The van der Waals surface area contributed by atoms with Crippen LogP contribution in [0.15, 0.2) is 66.4 Å². The zero-order valence-electron chi connectivity index (χ0n) is 17.1. The van der Waals surface area contributed by atoms with Gasteiger partial charge >= 0.3 is 0 Å². The van der Waals surface area contributed by atoms with Crippen LogP contribution in [0.2, 0.25) is 0 Å². The number of guanidine groups is 1. The highest BCUT2D eigenvalue weighted by Crippen LogP contribution is 2.27. The molecule has 0 saturated carbocycles. The molecule has 0 bridgehead atoms. The van der Waals surface area contributed by atoms with E-state index in [0.29, 0.717) is 12.0 Å². The van der Waals surface area contributed by atoms with Crippen LogP contribution in [0.1, 0.15) is 30.5 Å². The summed E-state index contributed by atoms with van der Waals surface area (Å²) >= 11 is 0. The number of nitrogens with one attached hydrogen (secondary N) is 1. The van der Waals surface area contributed by atoms with Gasteiger partial charge in [-0.05, 0) is 29.5 Å². The number of benzene rings is 1. The molecule has 1 fully saturated rings. The fraction of sp³-hybridized carbons (Fsp3) is 0.409. The molecule has 0 radical (unpaired) electrons. The highest BCUT2D eigenvalue weighted by molar-refractivity contribution is 5.80. The van der Waals surface area contributed by atoms with Crippen molar-refractivity contribution >= 4 is 5.96 Å². The van der Waals surface area contributed by atoms with E-state index in [1.54, 1.807) is 0 Å². The van der Waals surface area contributed by atoms with Gasteiger partial charge in [0, 0.05) is 51.5 Å². The number of likely N-dealkylation sites (tertiary alicyclic amines) is 1. The Morgan fingerprint density at radius 2 is 2.03 bits per heavy atom. The summed E-state index contributed by atoms with van der Waals surface area (Å²) in [6.45, 7) is 5.79. The minimum atomic E-state index is 0.414. The second kappa shape index (κ2) is 8.94. The molecule has 0 amide bonds. The predicted molar refractivity (Wildman–Crippen MR) is 115 cm³/mol. The van der Waals surface area contributed by atoms with E-state index in [0.717, 1.165) is 38.6 Å². The van der Waals surface area contributed by atoms with Crippen molar-refractivity contribution in [2.45, 2.75) is 32.5 Å². The van der Waals surface area contributed by atoms with Crippen LogP contribution in [-0.4, -0.2) is 50.3 Å². The van der Waals surface area contributed by atoms with Gasteiger partial charge in [0.1, 0.15) is 0 Å². The Balaban J connectivity index is 1.42. The van der Waals surface area contributed by atoms with E-state index in [2.05, 4.69) is 67.2 Å². The summed E-state index contributed by atoms with van der Waals surface area (Å²) in [7, 11) is 1.86. The van der Waals surface area contributed by atoms with Crippen molar-refractivity contribution in [2.75, 3.05) is 20.1 Å². The normalized spacial score (nSPS) is 20.1. The topological polar surface area (TPSA) is 63.3 Å². The molecule has 29 heavy (non-hydrogen) atoms. The molecule has 2 aromatic heterocycles. The van der Waals surface area contributed by atoms with Gasteiger partial charge in [0.25, 0.3) is 0 Å². The molecule has 1 aliphatic heterocycles. The Labute approximate surface area is 172 Å². The van der Waals surface area contributed by atoms with Gasteiger partial charge in [-0.1, -0.05) is 31.2 Å². The number of hydrogen-bond donors (Lipinski definition) is 1. The largest absolute Gasteiger partial charge is 0.352 e. The first kappa shape index (κ1) is 19.2. The lowest BCUT2D eigenvalue weighted by Crippen LogP contribution is -2.48. The first-order valence-corrected chi connectivity index (χ1v) is 10.2. The van der Waals surface area contributed by atoms with Gasteiger partial charge < -0.3 is 14.8 Å². The maximum absolute atomic E-state index is 4.56. The molecule has 7 heteroatoms. The number of piperidine rings is 1. The van der Waals surface area contributed by atoms with Crippen LogP contribution in [0, 0.1) is 5.92 Å². The van der Waals surface area contributed by atoms with E-state index in [1.165, 1.54) is 11.1 Å². The van der Waals surface area contributed by atoms with Crippen LogP contribution < -0.4 is 5.32 Å². The van der Waals surface area contributed by atoms with Crippen molar-refractivity contribution in [3.05, 3.63) is 72.6 Å². The van der Waals surface area contributed by atoms with Crippen LogP contribution in [-0.2, 0) is 13.1 Å². The van der Waals surface area contributed by atoms with E-state index in [1.807, 2.05) is 42.7 Å². The van der Waals surface area contributed by atoms with Crippen molar-refractivity contribution in [3.8, 4) is 0 Å². The monoisotopic (exact) mass is 391 g/mol. The first-order chi connectivity index (χ1) is 14.2. The molecule has 2 unspecified atom stereocenters. The van der Waals surface area contributed by atoms with E-state index >= 15 is 0 Å². The summed E-state index contributed by atoms with van der Waals surface area (Å²) in [5.41, 5.74) is 2.53. The highest BCUT2D eigenvalue weighted by atomic mass is 15.3. The zero-order chi connectivity index (χ0) is 20.1. The number of aromatic nitrogens is 4. The van der Waals surface area contributed by atoms with E-state index in [9.17, 15) is 0 Å². The molecule has 7 nitrogen and oxygen atoms in total. The van der Waals surface area contributed by atoms with Crippen molar-refractivity contribution in [1.29, 1.82) is 0 Å². The number of imidazole rings is 1. The molecule has 152 valence electrons. The van der Waals surface area contributed by atoms with Gasteiger partial charge in [0.15, 0.2) is 5.96 Å². The summed E-state index contributed by atoms with van der Waals surface area (Å²) in [6.07, 6.45) is 10.8. The van der Waals surface area contributed by atoms with Gasteiger partial charge in [-0.25, -0.2) is 4.98 Å². The molecular formula is C22H29N7. The minimum Gasteiger partial charge on any atom is -0.352 e. The van der Waals surface area contributed by atoms with E-state index in [-0.39, 0.29) is 0 Å². The Bertz CT molecular complexity index is 915. The fourth-order valence-electron chi connectivity index (χ4n) is 4.05. The van der Waals surface area contributed by atoms with Gasteiger partial charge in [-0.15, -0.1) is 0 Å². The van der Waals surface area contributed by atoms with Gasteiger partial charge in [0.05, 0.1) is 18.9 Å². The highest BCUT2D eigenvalue weighted by Gasteiger charge is 2.28. The summed E-state index contributed by atoms with van der Waals surface area (Å²) in [6, 6.07) is 10.9. The molecule has 2 atom stereocenters. The van der Waals surface area contributed by atoms with Crippen molar-refractivity contribution in [3.63, 3.8) is 0 Å². The van der Waals surface area contributed by atoms with Crippen LogP contribution >= 0.6 is 0 Å². The number of nitrogens with zero attached hydrogens (tertiary/aromatic N) is 6. The van der Waals surface area contributed by atoms with Gasteiger partial charge in [-0.3, -0.25) is 9.67 Å². The average molecular weight is 392 g/mol. The summed E-state index contributed by atoms with van der Waals surface area (Å²) in [4.78, 5) is 11.2. The smallest absolute Gasteiger partial charge is 0.193 e. The standard InChI is InChI=1S/C22H29N7/c1-18-8-12-27(16-21(18)28-13-10-24-17-28)22(23-2)25-14-19-6-3-4-7-20(19)15-29-11-5-9-26-29/h3-7,9-11,13,17-18,21H,8,12,14-16H2,1-2H3,(H,23,25). The number of hydrogen-bond acceptors (Lipinski definition) is 3. The molecule has 1 saturated heterocycles. The Morgan fingerprint density at radius 1 is 1.17 bits per heavy atom. The molecule has 0 spiro atoms. The molecular weight excluding hydrogens is 362 g/mol. The third-order valence-corrected chi connectivity index (χ3v) is 5.78. The zero-order valence-corrected chi connectivity index (χ0v) is 17.1. The molecule has 3 aromatic rings. The molecule has 4 rings (SSSR count). The van der Waals surface area contributed by atoms with Gasteiger partial charge in [0.2, 0.25) is 0 Å². The third kappa shape index (κ3) is 4.50. The quantitative estimate of drug-likeness (QED) is 0.537. The SMILES string of the molecule is CN=C(NCc1ccccc1Cn1cccn1)N1CCC(C)C(n2ccnc2)C1. The van der Waals surface area contributed by atoms with Crippen molar-refractivity contribution < 1.29 is 0 Å². The molecule has 1 aromatic carbocycles. The fourth-order valence-corrected chi connectivity index (χ4v) is 4.05. The average Bonchev–Trinajstić information content (AvgIpc) is 3.45. The van der Waals surface area contributed by atoms with E-state index in [4.69, 9.17) is 0 Å². The molecule has 1 N–H and O–H groups in total. The molecule has 1 aliphatic rings. The second-order valence-electron chi connectivity index (χ2n) is 7.66. The summed E-state index contributed by atoms with van der Waals surface area (Å²) < 4.78 is 4.18. The summed E-state index contributed by atoms with van der Waals surface area (Å²) in [5, 5.41) is 7.91. The summed E-state index contributed by atoms with van der Waals surface area (Å²) in [5.74, 6) is 1.57. The minimum absolute atomic E-state index is 0.414. The Kier molecular flexibility index (Phi) is 5.93.